The van der Waals surface area contributed by atoms with E-state index in [2.05, 4.69) is 0 Å². The summed E-state index contributed by atoms with van der Waals surface area (Å²) in [5, 5.41) is 11.4. The Hall–Kier alpha value is -3.32. The summed E-state index contributed by atoms with van der Waals surface area (Å²) in [6, 6.07) is 11.5. The smallest absolute Gasteiger partial charge is 0.290 e. The molecule has 3 heterocycles. The molecule has 150 valence electrons. The van der Waals surface area contributed by atoms with E-state index in [1.165, 1.54) is 11.2 Å². The highest BCUT2D eigenvalue weighted by atomic mass is 16.3. The Bertz CT molecular complexity index is 1040. The van der Waals surface area contributed by atoms with Crippen LogP contribution in [0.3, 0.4) is 0 Å². The lowest BCUT2D eigenvalue weighted by Gasteiger charge is -2.25. The monoisotopic (exact) mass is 394 g/mol. The number of aliphatic hydroxyl groups excluding tert-OH is 1. The van der Waals surface area contributed by atoms with Gasteiger partial charge in [-0.3, -0.25) is 9.59 Å². The quantitative estimate of drug-likeness (QED) is 0.617. The number of nitrogens with zero attached hydrogens (tertiary/aromatic N) is 2. The van der Waals surface area contributed by atoms with Crippen LogP contribution in [0.15, 0.2) is 68.9 Å². The number of fused-ring (bicyclic) bond motifs is 1. The fourth-order valence-corrected chi connectivity index (χ4v) is 3.64. The molecule has 1 atom stereocenters. The molecule has 0 radical (unpaired) electrons. The molecule has 0 saturated heterocycles. The molecule has 1 aromatic carbocycles. The van der Waals surface area contributed by atoms with Gasteiger partial charge in [0.2, 0.25) is 5.78 Å². The third-order valence-corrected chi connectivity index (χ3v) is 5.01. The van der Waals surface area contributed by atoms with E-state index >= 15 is 0 Å². The Morgan fingerprint density at radius 2 is 2.00 bits per heavy atom. The van der Waals surface area contributed by atoms with E-state index in [9.17, 15) is 14.7 Å². The Kier molecular flexibility index (Phi) is 4.98. The predicted octanol–water partition coefficient (Wildman–Crippen LogP) is 3.56. The van der Waals surface area contributed by atoms with Gasteiger partial charge in [0.1, 0.15) is 17.4 Å². The maximum absolute atomic E-state index is 13.3. The lowest BCUT2D eigenvalue weighted by molar-refractivity contribution is -0.129. The minimum atomic E-state index is -0.791. The van der Waals surface area contributed by atoms with Crippen LogP contribution >= 0.6 is 0 Å². The van der Waals surface area contributed by atoms with Crippen molar-refractivity contribution in [2.45, 2.75) is 12.5 Å². The highest BCUT2D eigenvalue weighted by molar-refractivity contribution is 6.15. The van der Waals surface area contributed by atoms with Crippen molar-refractivity contribution < 1.29 is 23.5 Å². The number of carbonyl (C=O) groups excluding carboxylic acids is 2. The van der Waals surface area contributed by atoms with Gasteiger partial charge in [-0.25, -0.2) is 0 Å². The molecular formula is C22H22N2O5. The van der Waals surface area contributed by atoms with Crippen LogP contribution in [0.25, 0.3) is 11.0 Å². The highest BCUT2D eigenvalue weighted by Crippen LogP contribution is 2.39. The second-order valence-corrected chi connectivity index (χ2v) is 7.31. The van der Waals surface area contributed by atoms with Gasteiger partial charge in [0.05, 0.1) is 11.8 Å². The van der Waals surface area contributed by atoms with Crippen LogP contribution in [0.2, 0.25) is 0 Å². The number of aliphatic hydroxyl groups is 1. The molecule has 7 heteroatoms. The zero-order chi connectivity index (χ0) is 20.5. The third-order valence-electron chi connectivity index (χ3n) is 5.01. The first kappa shape index (κ1) is 19.0. The summed E-state index contributed by atoms with van der Waals surface area (Å²) in [5.74, 6) is -1.16. The minimum absolute atomic E-state index is 0.0196. The van der Waals surface area contributed by atoms with Crippen molar-refractivity contribution in [2.75, 3.05) is 27.2 Å². The summed E-state index contributed by atoms with van der Waals surface area (Å²) >= 11 is 0. The summed E-state index contributed by atoms with van der Waals surface area (Å²) in [6.07, 6.45) is 2.17. The van der Waals surface area contributed by atoms with Crippen LogP contribution < -0.4 is 0 Å². The molecule has 2 aromatic heterocycles. The molecule has 0 aliphatic carbocycles. The molecule has 4 rings (SSSR count). The van der Waals surface area contributed by atoms with Crippen LogP contribution in [0.4, 0.5) is 0 Å². The molecule has 3 aromatic rings. The molecule has 1 aliphatic rings. The molecule has 7 nitrogen and oxygen atoms in total. The van der Waals surface area contributed by atoms with E-state index in [0.29, 0.717) is 24.3 Å². The summed E-state index contributed by atoms with van der Waals surface area (Å²) in [5.41, 5.74) is 0.548. The molecule has 0 saturated carbocycles. The number of carbonyl (C=O) groups is 2. The van der Waals surface area contributed by atoms with Gasteiger partial charge in [-0.15, -0.1) is 0 Å². The zero-order valence-electron chi connectivity index (χ0n) is 16.3. The standard InChI is InChI=1S/C22H22N2O5/c1-23(2)10-6-11-24-19(16-9-5-12-28-16)18(21(26)22(24)27)20(25)17-13-14-7-3-4-8-15(14)29-17/h3-5,7-9,12-13,19,26H,6,10-11H2,1-2H3/t19-/m0/s1. The summed E-state index contributed by atoms with van der Waals surface area (Å²) in [6.45, 7) is 1.14. The fraction of sp³-hybridized carbons (Fsp3) is 0.273. The van der Waals surface area contributed by atoms with E-state index in [0.717, 1.165) is 11.9 Å². The first-order chi connectivity index (χ1) is 14.0. The summed E-state index contributed by atoms with van der Waals surface area (Å²) in [4.78, 5) is 29.5. The van der Waals surface area contributed by atoms with Crippen LogP contribution in [-0.4, -0.2) is 53.8 Å². The van der Waals surface area contributed by atoms with Crippen LogP contribution in [0, 0.1) is 0 Å². The van der Waals surface area contributed by atoms with Crippen molar-refractivity contribution in [1.29, 1.82) is 0 Å². The van der Waals surface area contributed by atoms with Crippen molar-refractivity contribution in [3.05, 3.63) is 71.6 Å². The van der Waals surface area contributed by atoms with Crippen molar-refractivity contribution in [3.63, 3.8) is 0 Å². The maximum atomic E-state index is 13.3. The number of rotatable bonds is 7. The Morgan fingerprint density at radius 1 is 1.21 bits per heavy atom. The number of para-hydroxylation sites is 1. The first-order valence-electron chi connectivity index (χ1n) is 9.43. The number of benzene rings is 1. The fourth-order valence-electron chi connectivity index (χ4n) is 3.64. The van der Waals surface area contributed by atoms with Gasteiger partial charge in [0.15, 0.2) is 11.5 Å². The number of Topliss-reactive ketones (excluding diaryl/α,β-unsaturated/α-hetero) is 1. The van der Waals surface area contributed by atoms with Crippen molar-refractivity contribution in [2.24, 2.45) is 0 Å². The second-order valence-electron chi connectivity index (χ2n) is 7.31. The van der Waals surface area contributed by atoms with Crippen molar-refractivity contribution in [3.8, 4) is 0 Å². The lowest BCUT2D eigenvalue weighted by Crippen LogP contribution is -2.33. The number of hydrogen-bond acceptors (Lipinski definition) is 6. The first-order valence-corrected chi connectivity index (χ1v) is 9.43. The van der Waals surface area contributed by atoms with E-state index in [4.69, 9.17) is 8.83 Å². The normalized spacial score (nSPS) is 17.1. The third kappa shape index (κ3) is 3.45. The highest BCUT2D eigenvalue weighted by Gasteiger charge is 2.45. The molecule has 1 aliphatic heterocycles. The molecule has 1 amide bonds. The Balaban J connectivity index is 1.71. The van der Waals surface area contributed by atoms with Gasteiger partial charge in [-0.05, 0) is 51.3 Å². The van der Waals surface area contributed by atoms with Gasteiger partial charge in [0.25, 0.3) is 5.91 Å². The second kappa shape index (κ2) is 7.60. The van der Waals surface area contributed by atoms with Crippen LogP contribution in [0.1, 0.15) is 28.8 Å². The SMILES string of the molecule is CN(C)CCCN1C(=O)C(O)=C(C(=O)c2cc3ccccc3o2)[C@@H]1c1ccco1. The minimum Gasteiger partial charge on any atom is -0.503 e. The van der Waals surface area contributed by atoms with E-state index in [1.54, 1.807) is 24.3 Å². The van der Waals surface area contributed by atoms with Crippen LogP contribution in [-0.2, 0) is 4.79 Å². The summed E-state index contributed by atoms with van der Waals surface area (Å²) < 4.78 is 11.2. The van der Waals surface area contributed by atoms with Gasteiger partial charge in [-0.2, -0.15) is 0 Å². The summed E-state index contributed by atoms with van der Waals surface area (Å²) in [7, 11) is 3.89. The molecule has 0 bridgehead atoms. The van der Waals surface area contributed by atoms with E-state index in [1.807, 2.05) is 37.2 Å². The Morgan fingerprint density at radius 3 is 2.69 bits per heavy atom. The zero-order valence-corrected chi connectivity index (χ0v) is 16.3. The molecule has 0 fully saturated rings. The average molecular weight is 394 g/mol. The Labute approximate surface area is 167 Å². The van der Waals surface area contributed by atoms with Crippen molar-refractivity contribution in [1.82, 2.24) is 9.80 Å². The predicted molar refractivity (Wildman–Crippen MR) is 107 cm³/mol. The molecule has 0 unspecified atom stereocenters. The van der Waals surface area contributed by atoms with Crippen molar-refractivity contribution >= 4 is 22.7 Å². The molecule has 1 N–H and O–H groups in total. The van der Waals surface area contributed by atoms with Gasteiger partial charge < -0.3 is 23.7 Å². The number of ketones is 1. The average Bonchev–Trinajstić information content (AvgIpc) is 3.41. The lowest BCUT2D eigenvalue weighted by atomic mass is 9.99. The van der Waals surface area contributed by atoms with E-state index in [-0.39, 0.29) is 11.3 Å². The molecule has 29 heavy (non-hydrogen) atoms. The van der Waals surface area contributed by atoms with Gasteiger partial charge in [0, 0.05) is 11.9 Å². The van der Waals surface area contributed by atoms with Gasteiger partial charge >= 0.3 is 0 Å². The van der Waals surface area contributed by atoms with Gasteiger partial charge in [-0.1, -0.05) is 18.2 Å². The van der Waals surface area contributed by atoms with Crippen LogP contribution in [0.5, 0.6) is 0 Å². The van der Waals surface area contributed by atoms with E-state index < -0.39 is 23.5 Å². The maximum Gasteiger partial charge on any atom is 0.290 e. The largest absolute Gasteiger partial charge is 0.503 e. The molecule has 0 spiro atoms. The number of amides is 1. The molecular weight excluding hydrogens is 372 g/mol. The number of furan rings is 2. The topological polar surface area (TPSA) is 87.1 Å². The number of hydrogen-bond donors (Lipinski definition) is 1.